The molecule has 0 bridgehead atoms. The zero-order valence-electron chi connectivity index (χ0n) is 11.2. The van der Waals surface area contributed by atoms with Crippen LogP contribution < -0.4 is 5.73 Å². The molecule has 0 spiro atoms. The molecule has 0 fully saturated rings. The third-order valence-electron chi connectivity index (χ3n) is 3.82. The van der Waals surface area contributed by atoms with Gasteiger partial charge in [0.25, 0.3) is 0 Å². The molecule has 3 nitrogen and oxygen atoms in total. The molecule has 0 aliphatic carbocycles. The van der Waals surface area contributed by atoms with Crippen molar-refractivity contribution in [1.29, 1.82) is 0 Å². The molecule has 0 saturated heterocycles. The van der Waals surface area contributed by atoms with Gasteiger partial charge in [-0.3, -0.25) is 0 Å². The Labute approximate surface area is 113 Å². The van der Waals surface area contributed by atoms with Crippen molar-refractivity contribution in [2.24, 2.45) is 5.92 Å². The van der Waals surface area contributed by atoms with Crippen molar-refractivity contribution < 1.29 is 0 Å². The average Bonchev–Trinajstić information content (AvgIpc) is 2.65. The van der Waals surface area contributed by atoms with Gasteiger partial charge in [0.2, 0.25) is 5.95 Å². The van der Waals surface area contributed by atoms with Gasteiger partial charge in [0.05, 0.1) is 11.0 Å². The van der Waals surface area contributed by atoms with Gasteiger partial charge in [0.15, 0.2) is 0 Å². The number of aromatic nitrogens is 2. The van der Waals surface area contributed by atoms with Crippen LogP contribution in [0.4, 0.5) is 5.95 Å². The normalized spacial score (nSPS) is 13.4. The molecule has 0 amide bonds. The number of halogens is 1. The van der Waals surface area contributed by atoms with Crippen LogP contribution in [-0.2, 0) is 0 Å². The monoisotopic (exact) mass is 265 g/mol. The van der Waals surface area contributed by atoms with Crippen LogP contribution in [0.3, 0.4) is 0 Å². The average molecular weight is 266 g/mol. The zero-order chi connectivity index (χ0) is 13.3. The number of hydrogen-bond donors (Lipinski definition) is 1. The molecule has 0 saturated carbocycles. The summed E-state index contributed by atoms with van der Waals surface area (Å²) < 4.78 is 2.13. The van der Waals surface area contributed by atoms with Gasteiger partial charge in [0.1, 0.15) is 0 Å². The molecule has 1 unspecified atom stereocenters. The van der Waals surface area contributed by atoms with Crippen molar-refractivity contribution in [3.8, 4) is 0 Å². The molecule has 0 radical (unpaired) electrons. The van der Waals surface area contributed by atoms with Gasteiger partial charge in [0, 0.05) is 11.1 Å². The summed E-state index contributed by atoms with van der Waals surface area (Å²) in [7, 11) is 0. The van der Waals surface area contributed by atoms with E-state index in [1.807, 2.05) is 18.2 Å². The summed E-state index contributed by atoms with van der Waals surface area (Å²) in [4.78, 5) is 4.40. The van der Waals surface area contributed by atoms with E-state index in [0.29, 0.717) is 22.9 Å². The van der Waals surface area contributed by atoms with Crippen molar-refractivity contribution in [3.63, 3.8) is 0 Å². The minimum absolute atomic E-state index is 0.353. The van der Waals surface area contributed by atoms with Crippen LogP contribution in [0.5, 0.6) is 0 Å². The van der Waals surface area contributed by atoms with Crippen LogP contribution in [0.2, 0.25) is 5.02 Å². The second-order valence-corrected chi connectivity index (χ2v) is 5.23. The first-order chi connectivity index (χ1) is 8.58. The Morgan fingerprint density at radius 2 is 2.00 bits per heavy atom. The molecule has 1 aromatic heterocycles. The van der Waals surface area contributed by atoms with Gasteiger partial charge in [-0.25, -0.2) is 4.98 Å². The minimum atomic E-state index is 0.353. The number of anilines is 1. The standard InChI is InChI=1S/C14H20ClN3/c1-4-10(5-2)9(3)18-13-7-6-11(15)8-12(13)17-14(18)16/h6-10H,4-5H2,1-3H3,(H2,16,17). The fraction of sp³-hybridized carbons (Fsp3) is 0.500. The first-order valence-corrected chi connectivity index (χ1v) is 6.89. The van der Waals surface area contributed by atoms with Crippen molar-refractivity contribution in [2.45, 2.75) is 39.7 Å². The third kappa shape index (κ3) is 2.19. The van der Waals surface area contributed by atoms with Gasteiger partial charge < -0.3 is 10.3 Å². The zero-order valence-corrected chi connectivity index (χ0v) is 11.9. The van der Waals surface area contributed by atoms with E-state index in [1.54, 1.807) is 0 Å². The molecule has 2 aromatic rings. The lowest BCUT2D eigenvalue weighted by Gasteiger charge is -2.24. The number of hydrogen-bond acceptors (Lipinski definition) is 2. The minimum Gasteiger partial charge on any atom is -0.369 e. The van der Waals surface area contributed by atoms with Crippen LogP contribution >= 0.6 is 11.6 Å². The maximum absolute atomic E-state index is 6.06. The maximum atomic E-state index is 6.06. The highest BCUT2D eigenvalue weighted by Crippen LogP contribution is 2.31. The van der Waals surface area contributed by atoms with Crippen LogP contribution in [0.15, 0.2) is 18.2 Å². The molecule has 1 atom stereocenters. The smallest absolute Gasteiger partial charge is 0.201 e. The number of imidazole rings is 1. The lowest BCUT2D eigenvalue weighted by atomic mass is 9.95. The van der Waals surface area contributed by atoms with Crippen LogP contribution in [0, 0.1) is 5.92 Å². The third-order valence-corrected chi connectivity index (χ3v) is 4.05. The summed E-state index contributed by atoms with van der Waals surface area (Å²) in [6.07, 6.45) is 2.29. The fourth-order valence-electron chi connectivity index (χ4n) is 2.70. The Morgan fingerprint density at radius 1 is 1.33 bits per heavy atom. The van der Waals surface area contributed by atoms with Gasteiger partial charge >= 0.3 is 0 Å². The Kier molecular flexibility index (Phi) is 3.81. The quantitative estimate of drug-likeness (QED) is 0.897. The first-order valence-electron chi connectivity index (χ1n) is 6.51. The molecular formula is C14H20ClN3. The van der Waals surface area contributed by atoms with Crippen molar-refractivity contribution in [3.05, 3.63) is 23.2 Å². The molecule has 0 aliphatic rings. The number of nitrogens with two attached hydrogens (primary N) is 1. The van der Waals surface area contributed by atoms with Gasteiger partial charge in [-0.1, -0.05) is 38.3 Å². The largest absolute Gasteiger partial charge is 0.369 e. The SMILES string of the molecule is CCC(CC)C(C)n1c(N)nc2cc(Cl)ccc21. The summed E-state index contributed by atoms with van der Waals surface area (Å²) in [5.41, 5.74) is 8.00. The van der Waals surface area contributed by atoms with Gasteiger partial charge in [-0.05, 0) is 31.0 Å². The second-order valence-electron chi connectivity index (χ2n) is 4.79. The number of nitrogen functional groups attached to an aromatic ring is 1. The van der Waals surface area contributed by atoms with Crippen LogP contribution in [0.25, 0.3) is 11.0 Å². The Morgan fingerprint density at radius 3 is 2.61 bits per heavy atom. The van der Waals surface area contributed by atoms with Crippen LogP contribution in [0.1, 0.15) is 39.7 Å². The van der Waals surface area contributed by atoms with Crippen molar-refractivity contribution in [2.75, 3.05) is 5.73 Å². The molecule has 0 aliphatic heterocycles. The molecule has 1 heterocycles. The highest BCUT2D eigenvalue weighted by molar-refractivity contribution is 6.31. The fourth-order valence-corrected chi connectivity index (χ4v) is 2.87. The van der Waals surface area contributed by atoms with E-state index in [9.17, 15) is 0 Å². The number of rotatable bonds is 4. The summed E-state index contributed by atoms with van der Waals surface area (Å²) in [5.74, 6) is 1.19. The van der Waals surface area contributed by atoms with Crippen LogP contribution in [-0.4, -0.2) is 9.55 Å². The summed E-state index contributed by atoms with van der Waals surface area (Å²) in [6.45, 7) is 6.65. The highest BCUT2D eigenvalue weighted by atomic mass is 35.5. The number of benzene rings is 1. The molecule has 1 aromatic carbocycles. The van der Waals surface area contributed by atoms with Gasteiger partial charge in [-0.2, -0.15) is 0 Å². The van der Waals surface area contributed by atoms with E-state index < -0.39 is 0 Å². The van der Waals surface area contributed by atoms with Gasteiger partial charge in [-0.15, -0.1) is 0 Å². The van der Waals surface area contributed by atoms with E-state index >= 15 is 0 Å². The summed E-state index contributed by atoms with van der Waals surface area (Å²) >= 11 is 5.99. The predicted molar refractivity (Wildman–Crippen MR) is 77.9 cm³/mol. The molecule has 18 heavy (non-hydrogen) atoms. The molecule has 2 N–H and O–H groups in total. The van der Waals surface area contributed by atoms with E-state index in [1.165, 1.54) is 0 Å². The van der Waals surface area contributed by atoms with Crippen molar-refractivity contribution in [1.82, 2.24) is 9.55 Å². The molecule has 98 valence electrons. The Bertz CT molecular complexity index is 543. The van der Waals surface area contributed by atoms with E-state index in [-0.39, 0.29) is 0 Å². The molecule has 4 heteroatoms. The number of nitrogens with zero attached hydrogens (tertiary/aromatic N) is 2. The molecule has 2 rings (SSSR count). The Hall–Kier alpha value is -1.22. The van der Waals surface area contributed by atoms with E-state index in [2.05, 4.69) is 30.3 Å². The second kappa shape index (κ2) is 5.19. The summed E-state index contributed by atoms with van der Waals surface area (Å²) in [5, 5.41) is 0.697. The van der Waals surface area contributed by atoms with E-state index in [4.69, 9.17) is 17.3 Å². The Balaban J connectivity index is 2.53. The topological polar surface area (TPSA) is 43.8 Å². The highest BCUT2D eigenvalue weighted by Gasteiger charge is 2.20. The lowest BCUT2D eigenvalue weighted by Crippen LogP contribution is -2.17. The maximum Gasteiger partial charge on any atom is 0.201 e. The lowest BCUT2D eigenvalue weighted by molar-refractivity contribution is 0.342. The van der Waals surface area contributed by atoms with E-state index in [0.717, 1.165) is 23.9 Å². The predicted octanol–water partition coefficient (Wildman–Crippen LogP) is 4.27. The molecular weight excluding hydrogens is 246 g/mol. The number of fused-ring (bicyclic) bond motifs is 1. The summed E-state index contributed by atoms with van der Waals surface area (Å²) in [6, 6.07) is 6.11. The van der Waals surface area contributed by atoms with Crippen molar-refractivity contribution >= 4 is 28.6 Å². The first kappa shape index (κ1) is 13.2.